The third kappa shape index (κ3) is 4.57. The molecular formula is C30H28N2O3S. The van der Waals surface area contributed by atoms with Gasteiger partial charge in [0.2, 0.25) is 0 Å². The predicted octanol–water partition coefficient (Wildman–Crippen LogP) is 5.99. The summed E-state index contributed by atoms with van der Waals surface area (Å²) in [4.78, 5) is 29.5. The third-order valence-corrected chi connectivity index (χ3v) is 7.65. The maximum atomic E-state index is 13.7. The molecule has 0 spiro atoms. The number of aryl methyl sites for hydroxylation is 1. The minimum atomic E-state index is -0.295. The molecule has 6 heteroatoms. The molecule has 0 aliphatic carbocycles. The molecule has 5 rings (SSSR count). The van der Waals surface area contributed by atoms with E-state index in [1.54, 1.807) is 36.5 Å². The molecule has 0 saturated heterocycles. The summed E-state index contributed by atoms with van der Waals surface area (Å²) in [6.45, 7) is 3.04. The lowest BCUT2D eigenvalue weighted by atomic mass is 10.0. The molecule has 0 saturated carbocycles. The summed E-state index contributed by atoms with van der Waals surface area (Å²) in [5, 5.41) is 3.46. The summed E-state index contributed by atoms with van der Waals surface area (Å²) in [5.41, 5.74) is 2.41. The highest BCUT2D eigenvalue weighted by Gasteiger charge is 2.24. The number of amides is 1. The highest BCUT2D eigenvalue weighted by Crippen LogP contribution is 2.27. The Hall–Kier alpha value is -3.74. The van der Waals surface area contributed by atoms with E-state index >= 15 is 0 Å². The number of aromatic nitrogens is 1. The normalized spacial score (nSPS) is 11.3. The van der Waals surface area contributed by atoms with E-state index in [4.69, 9.17) is 4.74 Å². The molecule has 5 nitrogen and oxygen atoms in total. The van der Waals surface area contributed by atoms with Crippen molar-refractivity contribution in [1.29, 1.82) is 0 Å². The van der Waals surface area contributed by atoms with Crippen molar-refractivity contribution in [3.63, 3.8) is 0 Å². The summed E-state index contributed by atoms with van der Waals surface area (Å²) in [6, 6.07) is 26.3. The molecule has 0 aliphatic heterocycles. The number of carbonyl (C=O) groups is 1. The van der Waals surface area contributed by atoms with Crippen LogP contribution in [0.5, 0.6) is 0 Å². The number of fused-ring (bicyclic) bond motifs is 2. The molecule has 36 heavy (non-hydrogen) atoms. The van der Waals surface area contributed by atoms with Gasteiger partial charge in [-0.3, -0.25) is 9.59 Å². The van der Waals surface area contributed by atoms with Crippen LogP contribution in [0.15, 0.2) is 83.7 Å². The SMILES string of the molecule is COCc1c(C(=O)N(C)Cc2cc3ccccc3s2)c(=O)cc(C)n1Cc1cccc2ccccc12. The van der Waals surface area contributed by atoms with Crippen molar-refractivity contribution in [3.8, 4) is 0 Å². The van der Waals surface area contributed by atoms with Gasteiger partial charge in [-0.15, -0.1) is 11.3 Å². The Kier molecular flexibility index (Phi) is 6.72. The third-order valence-electron chi connectivity index (χ3n) is 6.55. The van der Waals surface area contributed by atoms with Gasteiger partial charge in [-0.25, -0.2) is 0 Å². The molecule has 182 valence electrons. The van der Waals surface area contributed by atoms with E-state index in [0.29, 0.717) is 18.8 Å². The van der Waals surface area contributed by atoms with Crippen molar-refractivity contribution in [2.24, 2.45) is 0 Å². The van der Waals surface area contributed by atoms with Crippen molar-refractivity contribution in [1.82, 2.24) is 9.47 Å². The zero-order chi connectivity index (χ0) is 25.2. The van der Waals surface area contributed by atoms with Crippen LogP contribution in [-0.4, -0.2) is 29.5 Å². The fraction of sp³-hybridized carbons (Fsp3) is 0.200. The molecule has 5 aromatic rings. The van der Waals surface area contributed by atoms with Gasteiger partial charge in [0.1, 0.15) is 5.56 Å². The average Bonchev–Trinajstić information content (AvgIpc) is 3.28. The first-order valence-corrected chi connectivity index (χ1v) is 12.7. The summed E-state index contributed by atoms with van der Waals surface area (Å²) in [5.74, 6) is -0.295. The molecule has 0 fully saturated rings. The Labute approximate surface area is 214 Å². The second kappa shape index (κ2) is 10.1. The molecule has 2 heterocycles. The molecule has 0 unspecified atom stereocenters. The Balaban J connectivity index is 1.53. The molecule has 2 aromatic heterocycles. The Morgan fingerprint density at radius 3 is 2.47 bits per heavy atom. The average molecular weight is 497 g/mol. The van der Waals surface area contributed by atoms with Crippen LogP contribution in [0.3, 0.4) is 0 Å². The lowest BCUT2D eigenvalue weighted by molar-refractivity contribution is 0.0777. The molecule has 0 aliphatic rings. The van der Waals surface area contributed by atoms with E-state index in [1.165, 1.54) is 4.70 Å². The van der Waals surface area contributed by atoms with Gasteiger partial charge in [0.05, 0.1) is 18.8 Å². The van der Waals surface area contributed by atoms with Crippen LogP contribution >= 0.6 is 11.3 Å². The van der Waals surface area contributed by atoms with Crippen molar-refractivity contribution in [2.75, 3.05) is 14.2 Å². The molecule has 0 radical (unpaired) electrons. The first-order chi connectivity index (χ1) is 17.5. The summed E-state index contributed by atoms with van der Waals surface area (Å²) >= 11 is 1.66. The minimum Gasteiger partial charge on any atom is -0.378 e. The van der Waals surface area contributed by atoms with Gasteiger partial charge in [-0.05, 0) is 40.8 Å². The number of methoxy groups -OCH3 is 1. The van der Waals surface area contributed by atoms with Crippen LogP contribution in [-0.2, 0) is 24.4 Å². The zero-order valence-corrected chi connectivity index (χ0v) is 21.5. The van der Waals surface area contributed by atoms with Gasteiger partial charge in [-0.1, -0.05) is 60.7 Å². The number of carbonyl (C=O) groups excluding carboxylic acids is 1. The van der Waals surface area contributed by atoms with E-state index in [1.807, 2.05) is 41.8 Å². The van der Waals surface area contributed by atoms with E-state index in [-0.39, 0.29) is 23.5 Å². The van der Waals surface area contributed by atoms with Gasteiger partial charge in [0.15, 0.2) is 5.43 Å². The van der Waals surface area contributed by atoms with Gasteiger partial charge >= 0.3 is 0 Å². The number of benzene rings is 3. The van der Waals surface area contributed by atoms with E-state index in [9.17, 15) is 9.59 Å². The highest BCUT2D eigenvalue weighted by atomic mass is 32.1. The molecule has 3 aromatic carbocycles. The smallest absolute Gasteiger partial charge is 0.259 e. The number of hydrogen-bond acceptors (Lipinski definition) is 4. The van der Waals surface area contributed by atoms with Gasteiger partial charge in [-0.2, -0.15) is 0 Å². The number of pyridine rings is 1. The van der Waals surface area contributed by atoms with Crippen LogP contribution in [0.4, 0.5) is 0 Å². The lowest BCUT2D eigenvalue weighted by Gasteiger charge is -2.23. The zero-order valence-electron chi connectivity index (χ0n) is 20.7. The predicted molar refractivity (Wildman–Crippen MR) is 147 cm³/mol. The van der Waals surface area contributed by atoms with Crippen molar-refractivity contribution >= 4 is 38.1 Å². The number of nitrogens with zero attached hydrogens (tertiary/aromatic N) is 2. The maximum absolute atomic E-state index is 13.7. The molecule has 0 N–H and O–H groups in total. The van der Waals surface area contributed by atoms with E-state index in [0.717, 1.165) is 32.3 Å². The standard InChI is InChI=1S/C30H28N2O3S/c1-20-15-27(33)29(30(34)31(2)18-24-16-22-10-5-7-14-28(22)36-24)26(19-35-3)32(20)17-23-12-8-11-21-9-4-6-13-25(21)23/h4-16H,17-19H2,1-3H3. The molecule has 0 atom stereocenters. The Bertz CT molecular complexity index is 1590. The Morgan fingerprint density at radius 1 is 0.972 bits per heavy atom. The first kappa shape index (κ1) is 24.0. The van der Waals surface area contributed by atoms with Gasteiger partial charge in [0, 0.05) is 42.0 Å². The van der Waals surface area contributed by atoms with Crippen molar-refractivity contribution < 1.29 is 9.53 Å². The number of hydrogen-bond donors (Lipinski definition) is 0. The minimum absolute atomic E-state index is 0.166. The Morgan fingerprint density at radius 2 is 1.69 bits per heavy atom. The fourth-order valence-corrected chi connectivity index (χ4v) is 5.90. The summed E-state index contributed by atoms with van der Waals surface area (Å²) < 4.78 is 8.72. The van der Waals surface area contributed by atoms with Crippen LogP contribution in [0.1, 0.15) is 32.2 Å². The van der Waals surface area contributed by atoms with Crippen LogP contribution in [0.2, 0.25) is 0 Å². The lowest BCUT2D eigenvalue weighted by Crippen LogP contribution is -2.34. The van der Waals surface area contributed by atoms with Gasteiger partial charge < -0.3 is 14.2 Å². The first-order valence-electron chi connectivity index (χ1n) is 11.9. The summed E-state index contributed by atoms with van der Waals surface area (Å²) in [6.07, 6.45) is 0. The summed E-state index contributed by atoms with van der Waals surface area (Å²) in [7, 11) is 3.34. The largest absolute Gasteiger partial charge is 0.378 e. The quantitative estimate of drug-likeness (QED) is 0.278. The fourth-order valence-electron chi connectivity index (χ4n) is 4.78. The number of ether oxygens (including phenoxy) is 1. The van der Waals surface area contributed by atoms with Crippen molar-refractivity contribution in [2.45, 2.75) is 26.6 Å². The van der Waals surface area contributed by atoms with Crippen LogP contribution in [0, 0.1) is 6.92 Å². The second-order valence-electron chi connectivity index (χ2n) is 9.04. The number of rotatable bonds is 7. The maximum Gasteiger partial charge on any atom is 0.259 e. The van der Waals surface area contributed by atoms with Crippen LogP contribution in [0.25, 0.3) is 20.9 Å². The number of thiophene rings is 1. The second-order valence-corrected chi connectivity index (χ2v) is 10.2. The monoisotopic (exact) mass is 496 g/mol. The topological polar surface area (TPSA) is 51.5 Å². The molecule has 0 bridgehead atoms. The highest BCUT2D eigenvalue weighted by molar-refractivity contribution is 7.19. The molecule has 1 amide bonds. The van der Waals surface area contributed by atoms with E-state index < -0.39 is 0 Å². The van der Waals surface area contributed by atoms with Crippen LogP contribution < -0.4 is 5.43 Å². The molecular weight excluding hydrogens is 468 g/mol. The van der Waals surface area contributed by atoms with Crippen molar-refractivity contribution in [3.05, 3.63) is 116 Å². The van der Waals surface area contributed by atoms with Gasteiger partial charge in [0.25, 0.3) is 5.91 Å². The van der Waals surface area contributed by atoms with E-state index in [2.05, 4.69) is 42.5 Å².